The summed E-state index contributed by atoms with van der Waals surface area (Å²) in [6.45, 7) is 0. The van der Waals surface area contributed by atoms with Crippen LogP contribution in [0, 0.1) is 0 Å². The zero-order valence-electron chi connectivity index (χ0n) is 9.73. The average molecular weight is 276 g/mol. The summed E-state index contributed by atoms with van der Waals surface area (Å²) in [5.74, 6) is 0.0873. The Labute approximate surface area is 111 Å². The third-order valence-corrected chi connectivity index (χ3v) is 3.04. The third-order valence-electron chi connectivity index (χ3n) is 2.17. The molecule has 9 nitrogen and oxygen atoms in total. The summed E-state index contributed by atoms with van der Waals surface area (Å²) < 4.78 is 4.94. The van der Waals surface area contributed by atoms with E-state index in [4.69, 9.17) is 10.5 Å². The van der Waals surface area contributed by atoms with Crippen molar-refractivity contribution in [3.63, 3.8) is 0 Å². The van der Waals surface area contributed by atoms with Crippen LogP contribution in [0.4, 0.5) is 5.95 Å². The van der Waals surface area contributed by atoms with Gasteiger partial charge in [-0.15, -0.1) is 0 Å². The van der Waals surface area contributed by atoms with E-state index in [0.29, 0.717) is 21.3 Å². The Morgan fingerprint density at radius 3 is 2.95 bits per heavy atom. The highest BCUT2D eigenvalue weighted by Crippen LogP contribution is 2.27. The number of methoxy groups -OCH3 is 1. The number of hydrogen-bond acceptors (Lipinski definition) is 9. The molecule has 3 rings (SSSR count). The molecule has 0 spiro atoms. The zero-order valence-corrected chi connectivity index (χ0v) is 10.5. The van der Waals surface area contributed by atoms with Gasteiger partial charge in [-0.2, -0.15) is 15.0 Å². The lowest BCUT2D eigenvalue weighted by atomic mass is 10.6. The van der Waals surface area contributed by atoms with Crippen LogP contribution in [-0.2, 0) is 0 Å². The summed E-state index contributed by atoms with van der Waals surface area (Å²) >= 11 is 1.22. The van der Waals surface area contributed by atoms with Crippen molar-refractivity contribution < 1.29 is 4.74 Å². The first kappa shape index (κ1) is 11.6. The molecule has 0 amide bonds. The summed E-state index contributed by atoms with van der Waals surface area (Å²) in [5.41, 5.74) is 6.86. The molecule has 0 bridgehead atoms. The Hall–Kier alpha value is -2.49. The summed E-state index contributed by atoms with van der Waals surface area (Å²) in [6, 6.07) is 0.157. The van der Waals surface area contributed by atoms with E-state index in [1.807, 2.05) is 0 Å². The van der Waals surface area contributed by atoms with Gasteiger partial charge in [0.15, 0.2) is 5.65 Å². The van der Waals surface area contributed by atoms with Crippen molar-refractivity contribution in [3.8, 4) is 6.01 Å². The number of aromatic nitrogens is 7. The Bertz CT molecular complexity index is 729. The molecule has 0 unspecified atom stereocenters. The van der Waals surface area contributed by atoms with Gasteiger partial charge in [-0.3, -0.25) is 0 Å². The van der Waals surface area contributed by atoms with Crippen LogP contribution in [0.1, 0.15) is 0 Å². The fourth-order valence-corrected chi connectivity index (χ4v) is 2.18. The smallest absolute Gasteiger partial charge is 0.321 e. The molecule has 0 aliphatic rings. The molecule has 3 aromatic rings. The predicted molar refractivity (Wildman–Crippen MR) is 66.6 cm³/mol. The van der Waals surface area contributed by atoms with E-state index >= 15 is 0 Å². The molecule has 96 valence electrons. The van der Waals surface area contributed by atoms with Crippen molar-refractivity contribution in [2.24, 2.45) is 0 Å². The summed E-state index contributed by atoms with van der Waals surface area (Å²) in [6.07, 6.45) is 2.97. The molecule has 0 aliphatic carbocycles. The fourth-order valence-electron chi connectivity index (χ4n) is 1.40. The van der Waals surface area contributed by atoms with Crippen molar-refractivity contribution in [2.45, 2.75) is 10.2 Å². The molecule has 0 aliphatic heterocycles. The number of fused-ring (bicyclic) bond motifs is 1. The second-order valence-corrected chi connectivity index (χ2v) is 4.30. The molecule has 0 radical (unpaired) electrons. The molecule has 0 fully saturated rings. The maximum atomic E-state index is 5.57. The molecule has 19 heavy (non-hydrogen) atoms. The lowest BCUT2D eigenvalue weighted by Gasteiger charge is -2.03. The second kappa shape index (κ2) is 4.65. The largest absolute Gasteiger partial charge is 0.467 e. The first-order valence-electron chi connectivity index (χ1n) is 5.14. The van der Waals surface area contributed by atoms with E-state index in [1.165, 1.54) is 25.2 Å². The third kappa shape index (κ3) is 2.25. The van der Waals surface area contributed by atoms with Crippen molar-refractivity contribution in [3.05, 3.63) is 12.7 Å². The number of nitrogen functional groups attached to an aromatic ring is 1. The Kier molecular flexibility index (Phi) is 2.83. The van der Waals surface area contributed by atoms with E-state index < -0.39 is 0 Å². The number of nitrogens with two attached hydrogens (primary N) is 1. The molecule has 0 aromatic carbocycles. The van der Waals surface area contributed by atoms with Gasteiger partial charge in [-0.05, 0) is 11.8 Å². The first-order chi connectivity index (χ1) is 9.26. The monoisotopic (exact) mass is 276 g/mol. The minimum Gasteiger partial charge on any atom is -0.467 e. The topological polar surface area (TPSA) is 128 Å². The van der Waals surface area contributed by atoms with Crippen LogP contribution in [-0.4, -0.2) is 42.0 Å². The summed E-state index contributed by atoms with van der Waals surface area (Å²) in [7, 11) is 1.46. The Morgan fingerprint density at radius 2 is 2.11 bits per heavy atom. The highest BCUT2D eigenvalue weighted by molar-refractivity contribution is 7.99. The number of nitrogens with one attached hydrogen (secondary N) is 1. The van der Waals surface area contributed by atoms with Gasteiger partial charge in [-0.25, -0.2) is 15.0 Å². The number of nitrogens with zero attached hydrogens (tertiary/aromatic N) is 6. The highest BCUT2D eigenvalue weighted by atomic mass is 32.2. The maximum absolute atomic E-state index is 5.57. The standard InChI is InChI=1S/C9H8N8OS/c1-18-8-15-7(10)16-9(17-8)19-6-4-5(12-2-11-4)13-3-14-6/h2-3H,1H3,(H2,10,15,16,17)(H,11,12,13,14). The maximum Gasteiger partial charge on any atom is 0.321 e. The Balaban J connectivity index is 2.01. The van der Waals surface area contributed by atoms with Gasteiger partial charge in [0, 0.05) is 0 Å². The number of H-pyrrole nitrogens is 1. The summed E-state index contributed by atoms with van der Waals surface area (Å²) in [4.78, 5) is 27.1. The van der Waals surface area contributed by atoms with Gasteiger partial charge in [0.2, 0.25) is 11.1 Å². The predicted octanol–water partition coefficient (Wildman–Crippen LogP) is 0.280. The van der Waals surface area contributed by atoms with Crippen LogP contribution in [0.3, 0.4) is 0 Å². The SMILES string of the molecule is COc1nc(N)nc(Sc2ncnc3nc[nH]c23)n1. The van der Waals surface area contributed by atoms with Crippen LogP contribution in [0.15, 0.2) is 22.8 Å². The van der Waals surface area contributed by atoms with Gasteiger partial charge in [0.25, 0.3) is 0 Å². The minimum atomic E-state index is 0.0873. The first-order valence-corrected chi connectivity index (χ1v) is 5.95. The van der Waals surface area contributed by atoms with Crippen molar-refractivity contribution in [2.75, 3.05) is 12.8 Å². The van der Waals surface area contributed by atoms with Crippen LogP contribution >= 0.6 is 11.8 Å². The minimum absolute atomic E-state index is 0.0873. The molecule has 3 aromatic heterocycles. The molecular weight excluding hydrogens is 268 g/mol. The van der Waals surface area contributed by atoms with E-state index in [2.05, 4.69) is 34.9 Å². The molecule has 0 atom stereocenters. The molecule has 3 heterocycles. The number of ether oxygens (including phenoxy) is 1. The lowest BCUT2D eigenvalue weighted by molar-refractivity contribution is 0.374. The second-order valence-electron chi connectivity index (χ2n) is 3.34. The van der Waals surface area contributed by atoms with Crippen LogP contribution in [0.2, 0.25) is 0 Å². The van der Waals surface area contributed by atoms with Crippen LogP contribution < -0.4 is 10.5 Å². The molecule has 10 heteroatoms. The number of hydrogen-bond donors (Lipinski definition) is 2. The van der Waals surface area contributed by atoms with Gasteiger partial charge >= 0.3 is 6.01 Å². The van der Waals surface area contributed by atoms with Gasteiger partial charge in [-0.1, -0.05) is 0 Å². The van der Waals surface area contributed by atoms with E-state index in [0.717, 1.165) is 0 Å². The molecule has 3 N–H and O–H groups in total. The average Bonchev–Trinajstić information content (AvgIpc) is 2.87. The quantitative estimate of drug-likeness (QED) is 0.648. The van der Waals surface area contributed by atoms with E-state index in [1.54, 1.807) is 6.33 Å². The molecule has 0 saturated heterocycles. The number of aromatic amines is 1. The van der Waals surface area contributed by atoms with Gasteiger partial charge < -0.3 is 15.5 Å². The normalized spacial score (nSPS) is 10.8. The van der Waals surface area contributed by atoms with Crippen molar-refractivity contribution in [1.29, 1.82) is 0 Å². The fraction of sp³-hybridized carbons (Fsp3) is 0.111. The van der Waals surface area contributed by atoms with Crippen LogP contribution in [0.5, 0.6) is 6.01 Å². The number of anilines is 1. The van der Waals surface area contributed by atoms with Gasteiger partial charge in [0.05, 0.1) is 13.4 Å². The summed E-state index contributed by atoms with van der Waals surface area (Å²) in [5, 5.41) is 1.04. The Morgan fingerprint density at radius 1 is 1.21 bits per heavy atom. The number of imidazole rings is 1. The van der Waals surface area contributed by atoms with Gasteiger partial charge in [0.1, 0.15) is 16.9 Å². The molecule has 0 saturated carbocycles. The van der Waals surface area contributed by atoms with E-state index in [-0.39, 0.29) is 12.0 Å². The lowest BCUT2D eigenvalue weighted by Crippen LogP contribution is -2.02. The van der Waals surface area contributed by atoms with Crippen molar-refractivity contribution in [1.82, 2.24) is 34.9 Å². The highest BCUT2D eigenvalue weighted by Gasteiger charge is 2.11. The van der Waals surface area contributed by atoms with Crippen molar-refractivity contribution >= 4 is 28.9 Å². The zero-order chi connectivity index (χ0) is 13.2. The van der Waals surface area contributed by atoms with E-state index in [9.17, 15) is 0 Å². The number of rotatable bonds is 3. The van der Waals surface area contributed by atoms with Crippen LogP contribution in [0.25, 0.3) is 11.2 Å². The molecular formula is C9H8N8OS.